The van der Waals surface area contributed by atoms with Crippen molar-refractivity contribution >= 4 is 34.1 Å². The van der Waals surface area contributed by atoms with Crippen LogP contribution in [0.15, 0.2) is 79.0 Å². The maximum absolute atomic E-state index is 6.68. The molecule has 3 aromatic carbocycles. The van der Waals surface area contributed by atoms with E-state index < -0.39 is 0 Å². The van der Waals surface area contributed by atoms with Crippen LogP contribution in [0.2, 0.25) is 10.0 Å². The van der Waals surface area contributed by atoms with Crippen molar-refractivity contribution in [1.82, 2.24) is 4.98 Å². The van der Waals surface area contributed by atoms with Crippen molar-refractivity contribution in [1.29, 1.82) is 0 Å². The molecule has 128 valence electrons. The highest BCUT2D eigenvalue weighted by atomic mass is 35.5. The lowest BCUT2D eigenvalue weighted by Crippen LogP contribution is -1.95. The monoisotopic (exact) mass is 379 g/mol. The number of hydrogen-bond acceptors (Lipinski definition) is 2. The highest BCUT2D eigenvalue weighted by Crippen LogP contribution is 2.35. The molecule has 4 heteroatoms. The lowest BCUT2D eigenvalue weighted by Gasteiger charge is -2.10. The van der Waals surface area contributed by atoms with Gasteiger partial charge in [-0.05, 0) is 41.5 Å². The molecule has 0 atom stereocenters. The van der Waals surface area contributed by atoms with E-state index in [1.807, 2.05) is 72.8 Å². The fourth-order valence-electron chi connectivity index (χ4n) is 2.80. The molecule has 0 fully saturated rings. The van der Waals surface area contributed by atoms with Crippen LogP contribution in [0.25, 0.3) is 22.0 Å². The first-order chi connectivity index (χ1) is 12.7. The van der Waals surface area contributed by atoms with Gasteiger partial charge >= 0.3 is 0 Å². The SMILES string of the molecule is Clc1ccc(-c2cnc3ccc(OCc4ccccc4)cc3c2Cl)cc1. The molecule has 0 spiro atoms. The van der Waals surface area contributed by atoms with Crippen molar-refractivity contribution in [3.63, 3.8) is 0 Å². The van der Waals surface area contributed by atoms with Crippen LogP contribution in [0.5, 0.6) is 5.75 Å². The third kappa shape index (κ3) is 3.52. The Kier molecular flexibility index (Phi) is 4.79. The molecule has 0 radical (unpaired) electrons. The van der Waals surface area contributed by atoms with Crippen LogP contribution in [0.4, 0.5) is 0 Å². The van der Waals surface area contributed by atoms with E-state index in [4.69, 9.17) is 27.9 Å². The minimum Gasteiger partial charge on any atom is -0.489 e. The Balaban J connectivity index is 1.67. The van der Waals surface area contributed by atoms with Crippen LogP contribution in [0.3, 0.4) is 0 Å². The van der Waals surface area contributed by atoms with E-state index in [0.29, 0.717) is 16.7 Å². The summed E-state index contributed by atoms with van der Waals surface area (Å²) in [4.78, 5) is 4.53. The second-order valence-electron chi connectivity index (χ2n) is 5.95. The van der Waals surface area contributed by atoms with Crippen molar-refractivity contribution < 1.29 is 4.74 Å². The van der Waals surface area contributed by atoms with Gasteiger partial charge in [-0.2, -0.15) is 0 Å². The zero-order valence-electron chi connectivity index (χ0n) is 13.8. The molecule has 0 N–H and O–H groups in total. The van der Waals surface area contributed by atoms with Crippen LogP contribution >= 0.6 is 23.2 Å². The average Bonchev–Trinajstić information content (AvgIpc) is 2.69. The van der Waals surface area contributed by atoms with Gasteiger partial charge in [-0.1, -0.05) is 65.7 Å². The molecule has 26 heavy (non-hydrogen) atoms. The molecule has 1 heterocycles. The van der Waals surface area contributed by atoms with Gasteiger partial charge < -0.3 is 4.74 Å². The maximum Gasteiger partial charge on any atom is 0.120 e. The summed E-state index contributed by atoms with van der Waals surface area (Å²) in [6.07, 6.45) is 1.79. The van der Waals surface area contributed by atoms with Crippen molar-refractivity contribution in [3.8, 4) is 16.9 Å². The van der Waals surface area contributed by atoms with E-state index in [1.165, 1.54) is 0 Å². The van der Waals surface area contributed by atoms with Gasteiger partial charge in [0.1, 0.15) is 12.4 Å². The van der Waals surface area contributed by atoms with Gasteiger partial charge in [0, 0.05) is 22.2 Å². The average molecular weight is 380 g/mol. The summed E-state index contributed by atoms with van der Waals surface area (Å²) in [7, 11) is 0. The molecule has 1 aromatic heterocycles. The predicted octanol–water partition coefficient (Wildman–Crippen LogP) is 6.79. The van der Waals surface area contributed by atoms with Gasteiger partial charge in [0.2, 0.25) is 0 Å². The molecule has 0 aliphatic heterocycles. The Bertz CT molecular complexity index is 1050. The first-order valence-corrected chi connectivity index (χ1v) is 8.97. The number of rotatable bonds is 4. The molecule has 0 amide bonds. The maximum atomic E-state index is 6.68. The van der Waals surface area contributed by atoms with E-state index >= 15 is 0 Å². The fraction of sp³-hybridized carbons (Fsp3) is 0.0455. The molecule has 0 aliphatic carbocycles. The van der Waals surface area contributed by atoms with Gasteiger partial charge in [0.05, 0.1) is 10.5 Å². The quantitative estimate of drug-likeness (QED) is 0.389. The first-order valence-electron chi connectivity index (χ1n) is 8.21. The lowest BCUT2D eigenvalue weighted by atomic mass is 10.1. The number of pyridine rings is 1. The summed E-state index contributed by atoms with van der Waals surface area (Å²) < 4.78 is 5.91. The summed E-state index contributed by atoms with van der Waals surface area (Å²) in [5.74, 6) is 0.762. The van der Waals surface area contributed by atoms with Gasteiger partial charge in [-0.3, -0.25) is 4.98 Å². The lowest BCUT2D eigenvalue weighted by molar-refractivity contribution is 0.306. The largest absolute Gasteiger partial charge is 0.489 e. The molecule has 0 aliphatic rings. The minimum atomic E-state index is 0.508. The number of hydrogen-bond donors (Lipinski definition) is 0. The highest BCUT2D eigenvalue weighted by Gasteiger charge is 2.10. The highest BCUT2D eigenvalue weighted by molar-refractivity contribution is 6.38. The fourth-order valence-corrected chi connectivity index (χ4v) is 3.24. The predicted molar refractivity (Wildman–Crippen MR) is 108 cm³/mol. The molecular weight excluding hydrogens is 365 g/mol. The number of nitrogens with zero attached hydrogens (tertiary/aromatic N) is 1. The van der Waals surface area contributed by atoms with Crippen LogP contribution in [0, 0.1) is 0 Å². The van der Waals surface area contributed by atoms with Crippen LogP contribution < -0.4 is 4.74 Å². The second kappa shape index (κ2) is 7.36. The third-order valence-electron chi connectivity index (χ3n) is 4.18. The Morgan fingerprint density at radius 1 is 0.846 bits per heavy atom. The number of aromatic nitrogens is 1. The summed E-state index contributed by atoms with van der Waals surface area (Å²) in [6.45, 7) is 0.508. The van der Waals surface area contributed by atoms with Crippen LogP contribution in [0.1, 0.15) is 5.56 Å². The summed E-state index contributed by atoms with van der Waals surface area (Å²) >= 11 is 12.7. The van der Waals surface area contributed by atoms with Gasteiger partial charge in [0.25, 0.3) is 0 Å². The first kappa shape index (κ1) is 16.9. The topological polar surface area (TPSA) is 22.1 Å². The van der Waals surface area contributed by atoms with Crippen molar-refractivity contribution in [2.45, 2.75) is 6.61 Å². The van der Waals surface area contributed by atoms with E-state index in [0.717, 1.165) is 33.3 Å². The second-order valence-corrected chi connectivity index (χ2v) is 6.76. The normalized spacial score (nSPS) is 10.8. The molecule has 0 saturated heterocycles. The number of ether oxygens (including phenoxy) is 1. The Hall–Kier alpha value is -2.55. The van der Waals surface area contributed by atoms with E-state index in [1.54, 1.807) is 6.20 Å². The van der Waals surface area contributed by atoms with E-state index in [9.17, 15) is 0 Å². The molecular formula is C22H15Cl2NO. The van der Waals surface area contributed by atoms with Gasteiger partial charge in [-0.15, -0.1) is 0 Å². The van der Waals surface area contributed by atoms with E-state index in [2.05, 4.69) is 4.98 Å². The number of halogens is 2. The molecule has 2 nitrogen and oxygen atoms in total. The van der Waals surface area contributed by atoms with Crippen molar-refractivity contribution in [2.24, 2.45) is 0 Å². The third-order valence-corrected chi connectivity index (χ3v) is 4.84. The summed E-state index contributed by atoms with van der Waals surface area (Å²) in [5, 5.41) is 2.21. The summed E-state index contributed by atoms with van der Waals surface area (Å²) in [5.41, 5.74) is 3.80. The van der Waals surface area contributed by atoms with Crippen LogP contribution in [-0.4, -0.2) is 4.98 Å². The molecule has 4 aromatic rings. The molecule has 0 bridgehead atoms. The van der Waals surface area contributed by atoms with Crippen LogP contribution in [-0.2, 0) is 6.61 Å². The molecule has 0 saturated carbocycles. The Morgan fingerprint density at radius 3 is 2.38 bits per heavy atom. The smallest absolute Gasteiger partial charge is 0.120 e. The zero-order chi connectivity index (χ0) is 17.9. The minimum absolute atomic E-state index is 0.508. The number of fused-ring (bicyclic) bond motifs is 1. The number of benzene rings is 3. The Morgan fingerprint density at radius 2 is 1.62 bits per heavy atom. The van der Waals surface area contributed by atoms with Gasteiger partial charge in [0.15, 0.2) is 0 Å². The molecule has 4 rings (SSSR count). The van der Waals surface area contributed by atoms with Crippen molar-refractivity contribution in [3.05, 3.63) is 94.6 Å². The zero-order valence-corrected chi connectivity index (χ0v) is 15.3. The van der Waals surface area contributed by atoms with E-state index in [-0.39, 0.29) is 0 Å². The molecule has 0 unspecified atom stereocenters. The Labute approximate surface area is 162 Å². The van der Waals surface area contributed by atoms with Crippen molar-refractivity contribution in [2.75, 3.05) is 0 Å². The standard InChI is InChI=1S/C22H15Cl2NO/c23-17-8-6-16(7-9-17)20-13-25-21-11-10-18(12-19(21)22(20)24)26-14-15-4-2-1-3-5-15/h1-13H,14H2. The summed E-state index contributed by atoms with van der Waals surface area (Å²) in [6, 6.07) is 23.4. The van der Waals surface area contributed by atoms with Gasteiger partial charge in [-0.25, -0.2) is 0 Å².